The van der Waals surface area contributed by atoms with Crippen LogP contribution >= 0.6 is 0 Å². The van der Waals surface area contributed by atoms with E-state index in [0.717, 1.165) is 12.2 Å². The molecule has 0 amide bonds. The minimum absolute atomic E-state index is 0.0829. The van der Waals surface area contributed by atoms with Crippen molar-refractivity contribution in [2.24, 2.45) is 0 Å². The Labute approximate surface area is 184 Å². The first-order chi connectivity index (χ1) is 15.3. The molecule has 0 aromatic heterocycles. The predicted octanol–water partition coefficient (Wildman–Crippen LogP) is 6.45. The molecule has 0 fully saturated rings. The highest BCUT2D eigenvalue weighted by molar-refractivity contribution is 5.84. The van der Waals surface area contributed by atoms with Crippen molar-refractivity contribution < 1.29 is 27.8 Å². The molecule has 0 heterocycles. The summed E-state index contributed by atoms with van der Waals surface area (Å²) in [6.07, 6.45) is -0.598. The lowest BCUT2D eigenvalue weighted by molar-refractivity contribution is -0.129. The zero-order valence-electron chi connectivity index (χ0n) is 17.3. The minimum atomic E-state index is -2.70. The molecular weight excluding hydrogens is 414 g/mol. The maximum Gasteiger partial charge on any atom is 0.335 e. The Balaban J connectivity index is 1.97. The lowest BCUT2D eigenvalue weighted by Gasteiger charge is -2.17. The van der Waals surface area contributed by atoms with Gasteiger partial charge in [0.25, 0.3) is 6.43 Å². The third-order valence-corrected chi connectivity index (χ3v) is 4.83. The van der Waals surface area contributed by atoms with Crippen LogP contribution in [0.25, 0.3) is 22.3 Å². The van der Waals surface area contributed by atoms with E-state index in [1.165, 1.54) is 0 Å². The molecule has 3 aromatic carbocycles. The van der Waals surface area contributed by atoms with Gasteiger partial charge in [-0.3, -0.25) is 0 Å². The molecule has 0 atom stereocenters. The number of alkyl halides is 2. The molecule has 0 saturated carbocycles. The summed E-state index contributed by atoms with van der Waals surface area (Å²) < 4.78 is 38.2. The number of esters is 2. The van der Waals surface area contributed by atoms with Crippen LogP contribution in [0.3, 0.4) is 0 Å². The number of rotatable bonds is 7. The van der Waals surface area contributed by atoms with Crippen LogP contribution in [0.4, 0.5) is 8.78 Å². The molecule has 0 bridgehead atoms. The molecular formula is C26H20F2O4. The summed E-state index contributed by atoms with van der Waals surface area (Å²) in [6.45, 7) is 8.32. The predicted molar refractivity (Wildman–Crippen MR) is 119 cm³/mol. The Morgan fingerprint density at radius 3 is 1.56 bits per heavy atom. The molecule has 0 spiro atoms. The van der Waals surface area contributed by atoms with Gasteiger partial charge in [0.05, 0.1) is 0 Å². The molecule has 0 aliphatic heterocycles. The van der Waals surface area contributed by atoms with E-state index in [1.54, 1.807) is 67.6 Å². The van der Waals surface area contributed by atoms with Crippen LogP contribution in [0.1, 0.15) is 17.6 Å². The van der Waals surface area contributed by atoms with Gasteiger partial charge in [-0.05, 0) is 59.0 Å². The summed E-state index contributed by atoms with van der Waals surface area (Å²) in [6, 6.07) is 16.3. The van der Waals surface area contributed by atoms with Gasteiger partial charge in [0.2, 0.25) is 0 Å². The van der Waals surface area contributed by atoms with Crippen molar-refractivity contribution in [3.8, 4) is 33.8 Å². The standard InChI is InChI=1S/C26H20F2O4/c1-4-23(29)31-19-10-6-17(7-11-19)21-14-15-22(25(16(21)3)26(27)28)18-8-12-20(13-9-18)32-24(30)5-2/h4-15,26H,1-2H2,3H3. The van der Waals surface area contributed by atoms with E-state index in [1.807, 2.05) is 0 Å². The van der Waals surface area contributed by atoms with Crippen molar-refractivity contribution in [1.82, 2.24) is 0 Å². The van der Waals surface area contributed by atoms with E-state index in [9.17, 15) is 18.4 Å². The summed E-state index contributed by atoms with van der Waals surface area (Å²) in [5.41, 5.74) is 2.67. The van der Waals surface area contributed by atoms with Crippen LogP contribution in [-0.2, 0) is 9.59 Å². The molecule has 32 heavy (non-hydrogen) atoms. The van der Waals surface area contributed by atoms with Gasteiger partial charge in [0.1, 0.15) is 11.5 Å². The molecule has 0 N–H and O–H groups in total. The molecule has 0 aliphatic carbocycles. The van der Waals surface area contributed by atoms with Crippen molar-refractivity contribution in [2.45, 2.75) is 13.3 Å². The summed E-state index contributed by atoms with van der Waals surface area (Å²) in [5, 5.41) is 0. The van der Waals surface area contributed by atoms with Crippen LogP contribution in [0, 0.1) is 6.92 Å². The zero-order chi connectivity index (χ0) is 23.3. The maximum absolute atomic E-state index is 14.1. The van der Waals surface area contributed by atoms with Crippen molar-refractivity contribution in [3.63, 3.8) is 0 Å². The number of halogens is 2. The molecule has 3 rings (SSSR count). The zero-order valence-corrected chi connectivity index (χ0v) is 17.3. The Morgan fingerprint density at radius 2 is 1.16 bits per heavy atom. The normalized spacial score (nSPS) is 10.5. The first-order valence-electron chi connectivity index (χ1n) is 9.65. The fraction of sp³-hybridized carbons (Fsp3) is 0.0769. The molecule has 0 unspecified atom stereocenters. The van der Waals surface area contributed by atoms with Crippen molar-refractivity contribution in [1.29, 1.82) is 0 Å². The molecule has 4 nitrogen and oxygen atoms in total. The van der Waals surface area contributed by atoms with Gasteiger partial charge in [0, 0.05) is 17.7 Å². The lowest BCUT2D eigenvalue weighted by atomic mass is 9.90. The number of benzene rings is 3. The molecule has 3 aromatic rings. The van der Waals surface area contributed by atoms with Crippen molar-refractivity contribution >= 4 is 11.9 Å². The third kappa shape index (κ3) is 4.98. The summed E-state index contributed by atoms with van der Waals surface area (Å²) >= 11 is 0. The molecule has 0 radical (unpaired) electrons. The maximum atomic E-state index is 14.1. The van der Waals surface area contributed by atoms with Crippen LogP contribution in [0.15, 0.2) is 86.0 Å². The van der Waals surface area contributed by atoms with E-state index in [0.29, 0.717) is 39.3 Å². The van der Waals surface area contributed by atoms with E-state index in [-0.39, 0.29) is 5.56 Å². The molecule has 6 heteroatoms. The second kappa shape index (κ2) is 9.83. The SMILES string of the molecule is C=CC(=O)Oc1ccc(-c2ccc(-c3ccc(OC(=O)C=C)cc3)c(C(F)F)c2C)cc1. The monoisotopic (exact) mass is 434 g/mol. The van der Waals surface area contributed by atoms with Gasteiger partial charge >= 0.3 is 11.9 Å². The van der Waals surface area contributed by atoms with Gasteiger partial charge in [-0.15, -0.1) is 0 Å². The highest BCUT2D eigenvalue weighted by Gasteiger charge is 2.20. The van der Waals surface area contributed by atoms with E-state index < -0.39 is 18.4 Å². The smallest absolute Gasteiger partial charge is 0.335 e. The molecule has 0 aliphatic rings. The average Bonchev–Trinajstić information content (AvgIpc) is 2.79. The first-order valence-corrected chi connectivity index (χ1v) is 9.65. The fourth-order valence-electron chi connectivity index (χ4n) is 3.29. The van der Waals surface area contributed by atoms with Crippen LogP contribution < -0.4 is 9.47 Å². The summed E-state index contributed by atoms with van der Waals surface area (Å²) in [5.74, 6) is -0.554. The second-order valence-electron chi connectivity index (χ2n) is 6.80. The van der Waals surface area contributed by atoms with E-state index in [2.05, 4.69) is 13.2 Å². The van der Waals surface area contributed by atoms with E-state index >= 15 is 0 Å². The quantitative estimate of drug-likeness (QED) is 0.244. The van der Waals surface area contributed by atoms with Crippen LogP contribution in [0.5, 0.6) is 11.5 Å². The topological polar surface area (TPSA) is 52.6 Å². The Bertz CT molecular complexity index is 1160. The highest BCUT2D eigenvalue weighted by Crippen LogP contribution is 2.39. The van der Waals surface area contributed by atoms with Crippen LogP contribution in [0.2, 0.25) is 0 Å². The number of carbonyl (C=O) groups is 2. The molecule has 0 saturated heterocycles. The van der Waals surface area contributed by atoms with Gasteiger partial charge in [-0.1, -0.05) is 49.6 Å². The van der Waals surface area contributed by atoms with Crippen LogP contribution in [-0.4, -0.2) is 11.9 Å². The third-order valence-electron chi connectivity index (χ3n) is 4.83. The van der Waals surface area contributed by atoms with Gasteiger partial charge in [0.15, 0.2) is 0 Å². The number of hydrogen-bond acceptors (Lipinski definition) is 4. The Hall–Kier alpha value is -4.06. The van der Waals surface area contributed by atoms with Crippen molar-refractivity contribution in [2.75, 3.05) is 0 Å². The Kier molecular flexibility index (Phi) is 6.95. The van der Waals surface area contributed by atoms with Gasteiger partial charge in [-0.25, -0.2) is 18.4 Å². The minimum Gasteiger partial charge on any atom is -0.423 e. The Morgan fingerprint density at radius 1 is 0.750 bits per heavy atom. The van der Waals surface area contributed by atoms with Crippen molar-refractivity contribution in [3.05, 3.63) is 97.1 Å². The lowest BCUT2D eigenvalue weighted by Crippen LogP contribution is -2.03. The van der Waals surface area contributed by atoms with Gasteiger partial charge in [-0.2, -0.15) is 0 Å². The first kappa shape index (κ1) is 22.6. The summed E-state index contributed by atoms with van der Waals surface area (Å²) in [7, 11) is 0. The molecule has 162 valence electrons. The average molecular weight is 434 g/mol. The van der Waals surface area contributed by atoms with E-state index in [4.69, 9.17) is 9.47 Å². The summed E-state index contributed by atoms with van der Waals surface area (Å²) in [4.78, 5) is 22.6. The number of hydrogen-bond donors (Lipinski definition) is 0. The number of carbonyl (C=O) groups excluding carboxylic acids is 2. The highest BCUT2D eigenvalue weighted by atomic mass is 19.3. The largest absolute Gasteiger partial charge is 0.423 e. The number of ether oxygens (including phenoxy) is 2. The fourth-order valence-corrected chi connectivity index (χ4v) is 3.29. The van der Waals surface area contributed by atoms with Gasteiger partial charge < -0.3 is 9.47 Å². The second-order valence-corrected chi connectivity index (χ2v) is 6.80.